The Morgan fingerprint density at radius 2 is 1.86 bits per heavy atom. The van der Waals surface area contributed by atoms with Crippen LogP contribution in [0.25, 0.3) is 16.7 Å². The number of nitrogens with zero attached hydrogens (tertiary/aromatic N) is 8. The lowest BCUT2D eigenvalue weighted by Gasteiger charge is -2.06. The van der Waals surface area contributed by atoms with Crippen LogP contribution in [0.15, 0.2) is 74.4 Å². The smallest absolute Gasteiger partial charge is 0.317 e. The van der Waals surface area contributed by atoms with E-state index in [2.05, 4.69) is 35.5 Å². The molecule has 0 spiro atoms. The molecule has 5 aromatic rings. The minimum atomic E-state index is -1.41. The predicted molar refractivity (Wildman–Crippen MR) is 127 cm³/mol. The van der Waals surface area contributed by atoms with Gasteiger partial charge in [-0.3, -0.25) is 4.79 Å². The van der Waals surface area contributed by atoms with Gasteiger partial charge in [-0.2, -0.15) is 4.68 Å². The minimum Gasteiger partial charge on any atom is -0.548 e. The number of fused-ring (bicyclic) bond motifs is 1. The van der Waals surface area contributed by atoms with Gasteiger partial charge in [0.1, 0.15) is 0 Å². The summed E-state index contributed by atoms with van der Waals surface area (Å²) >= 11 is 1.41. The van der Waals surface area contributed by atoms with Gasteiger partial charge in [0.05, 0.1) is 23.7 Å². The highest BCUT2D eigenvalue weighted by atomic mass is 32.2. The standard InChI is InChI=1S/C22H17N9O5S/c23-19-20(28-36-27-19)31-15(11-37-12-6-2-1-3-7-12)18(25-29-31)21(34)26-24-17-13-8-4-5-9-14(13)30(22(17)35)10-16(32)33/h1-9,35H,10-11H2,(H2,23,27)(H,32,33)/p-1. The lowest BCUT2D eigenvalue weighted by atomic mass is 10.2. The van der Waals surface area contributed by atoms with E-state index in [0.29, 0.717) is 16.6 Å². The molecule has 14 nitrogen and oxygen atoms in total. The second-order valence-electron chi connectivity index (χ2n) is 7.52. The molecule has 5 rings (SSSR count). The third-order valence-corrected chi connectivity index (χ3v) is 6.25. The molecule has 0 radical (unpaired) electrons. The van der Waals surface area contributed by atoms with E-state index in [1.807, 2.05) is 30.3 Å². The Labute approximate surface area is 211 Å². The molecule has 0 bridgehead atoms. The molecule has 0 saturated heterocycles. The number of carboxylic acid groups (broad SMARTS) is 1. The van der Waals surface area contributed by atoms with E-state index >= 15 is 0 Å². The summed E-state index contributed by atoms with van der Waals surface area (Å²) in [7, 11) is 0. The lowest BCUT2D eigenvalue weighted by Crippen LogP contribution is -2.27. The fourth-order valence-electron chi connectivity index (χ4n) is 3.58. The van der Waals surface area contributed by atoms with Crippen LogP contribution in [-0.2, 0) is 17.1 Å². The molecule has 0 aliphatic heterocycles. The number of carbonyl (C=O) groups is 2. The van der Waals surface area contributed by atoms with E-state index < -0.39 is 24.3 Å². The minimum absolute atomic E-state index is 0.0511. The molecule has 3 aromatic heterocycles. The first kappa shape index (κ1) is 23.7. The molecule has 0 fully saturated rings. The highest BCUT2D eigenvalue weighted by Gasteiger charge is 2.25. The van der Waals surface area contributed by atoms with Crippen molar-refractivity contribution in [3.8, 4) is 11.7 Å². The van der Waals surface area contributed by atoms with E-state index in [1.165, 1.54) is 16.4 Å². The molecule has 0 unspecified atom stereocenters. The number of thioether (sulfide) groups is 1. The van der Waals surface area contributed by atoms with Crippen molar-refractivity contribution in [1.82, 2.24) is 29.9 Å². The van der Waals surface area contributed by atoms with Crippen LogP contribution >= 0.6 is 11.8 Å². The molecular weight excluding hydrogens is 502 g/mol. The zero-order valence-electron chi connectivity index (χ0n) is 18.8. The van der Waals surface area contributed by atoms with Crippen molar-refractivity contribution in [3.05, 3.63) is 66.0 Å². The number of aromatic hydroxyl groups is 1. The zero-order valence-corrected chi connectivity index (χ0v) is 19.6. The molecule has 3 heterocycles. The molecule has 186 valence electrons. The van der Waals surface area contributed by atoms with Gasteiger partial charge < -0.3 is 25.3 Å². The first-order chi connectivity index (χ1) is 17.9. The van der Waals surface area contributed by atoms with Crippen molar-refractivity contribution >= 4 is 46.0 Å². The average molecular weight is 518 g/mol. The number of aromatic nitrogens is 6. The molecule has 0 aliphatic rings. The van der Waals surface area contributed by atoms with Crippen molar-refractivity contribution in [3.63, 3.8) is 0 Å². The second-order valence-corrected chi connectivity index (χ2v) is 8.57. The first-order valence-corrected chi connectivity index (χ1v) is 11.6. The first-order valence-electron chi connectivity index (χ1n) is 10.6. The highest BCUT2D eigenvalue weighted by Crippen LogP contribution is 2.38. The normalized spacial score (nSPS) is 11.5. The number of amides is 1. The van der Waals surface area contributed by atoms with Crippen molar-refractivity contribution in [2.45, 2.75) is 17.2 Å². The molecule has 0 atom stereocenters. The molecule has 15 heteroatoms. The van der Waals surface area contributed by atoms with E-state index in [0.717, 1.165) is 9.46 Å². The Kier molecular flexibility index (Phi) is 6.34. The molecule has 2 aromatic carbocycles. The van der Waals surface area contributed by atoms with Crippen molar-refractivity contribution in [2.75, 3.05) is 5.73 Å². The number of rotatable bonds is 8. The molecule has 0 saturated carbocycles. The fraction of sp³-hybridized carbons (Fsp3) is 0.0909. The second kappa shape index (κ2) is 9.90. The molecule has 37 heavy (non-hydrogen) atoms. The summed E-state index contributed by atoms with van der Waals surface area (Å²) in [5.74, 6) is -2.52. The summed E-state index contributed by atoms with van der Waals surface area (Å²) < 4.78 is 6.98. The van der Waals surface area contributed by atoms with Gasteiger partial charge in [-0.1, -0.05) is 41.6 Å². The van der Waals surface area contributed by atoms with Gasteiger partial charge in [-0.05, 0) is 28.5 Å². The topological polar surface area (TPSA) is 203 Å². The van der Waals surface area contributed by atoms with Crippen molar-refractivity contribution < 1.29 is 24.4 Å². The van der Waals surface area contributed by atoms with Gasteiger partial charge in [0.15, 0.2) is 11.4 Å². The Balaban J connectivity index is 1.51. The number of azo groups is 1. The van der Waals surface area contributed by atoms with Crippen LogP contribution in [0.1, 0.15) is 16.2 Å². The number of anilines is 1. The maximum absolute atomic E-state index is 13.1. The van der Waals surface area contributed by atoms with Gasteiger partial charge in [0.25, 0.3) is 0 Å². The maximum atomic E-state index is 13.1. The summed E-state index contributed by atoms with van der Waals surface area (Å²) in [5.41, 5.74) is 6.29. The molecule has 0 aliphatic carbocycles. The zero-order chi connectivity index (χ0) is 25.9. The van der Waals surface area contributed by atoms with Crippen molar-refractivity contribution in [1.29, 1.82) is 0 Å². The Morgan fingerprint density at radius 1 is 1.11 bits per heavy atom. The van der Waals surface area contributed by atoms with Gasteiger partial charge in [-0.25, -0.2) is 4.63 Å². The predicted octanol–water partition coefficient (Wildman–Crippen LogP) is 1.86. The van der Waals surface area contributed by atoms with Crippen LogP contribution in [0, 0.1) is 0 Å². The van der Waals surface area contributed by atoms with Crippen LogP contribution in [0.3, 0.4) is 0 Å². The Bertz CT molecular complexity index is 1640. The maximum Gasteiger partial charge on any atom is 0.317 e. The van der Waals surface area contributed by atoms with Crippen LogP contribution < -0.4 is 10.8 Å². The Morgan fingerprint density at radius 3 is 2.59 bits per heavy atom. The number of carbonyl (C=O) groups excluding carboxylic acids is 2. The summed E-state index contributed by atoms with van der Waals surface area (Å²) in [6.45, 7) is -0.613. The molecule has 1 amide bonds. The van der Waals surface area contributed by atoms with E-state index in [4.69, 9.17) is 5.73 Å². The number of hydrogen-bond acceptors (Lipinski definition) is 12. The third-order valence-electron chi connectivity index (χ3n) is 5.23. The summed E-state index contributed by atoms with van der Waals surface area (Å²) in [6, 6.07) is 16.0. The van der Waals surface area contributed by atoms with Crippen LogP contribution in [-0.4, -0.2) is 46.9 Å². The SMILES string of the molecule is Nc1nonc1-n1nnc(C(=O)N=Nc2c(O)n(CC(=O)[O-])c3ccccc23)c1CSc1ccccc1. The average Bonchev–Trinajstić information content (AvgIpc) is 3.58. The number of nitrogens with two attached hydrogens (primary N) is 1. The quantitative estimate of drug-likeness (QED) is 0.224. The summed E-state index contributed by atoms with van der Waals surface area (Å²) in [5, 5.41) is 45.0. The third kappa shape index (κ3) is 4.62. The van der Waals surface area contributed by atoms with Crippen molar-refractivity contribution in [2.24, 2.45) is 10.2 Å². The monoisotopic (exact) mass is 518 g/mol. The van der Waals surface area contributed by atoms with Gasteiger partial charge in [0, 0.05) is 16.0 Å². The number of carboxylic acids is 1. The highest BCUT2D eigenvalue weighted by molar-refractivity contribution is 7.98. The number of nitrogen functional groups attached to an aromatic ring is 1. The molecular formula is C22H16N9O5S-. The van der Waals surface area contributed by atoms with Crippen LogP contribution in [0.2, 0.25) is 0 Å². The van der Waals surface area contributed by atoms with Gasteiger partial charge >= 0.3 is 5.91 Å². The van der Waals surface area contributed by atoms with Crippen LogP contribution in [0.5, 0.6) is 5.88 Å². The summed E-state index contributed by atoms with van der Waals surface area (Å²) in [4.78, 5) is 25.2. The number of hydrogen-bond donors (Lipinski definition) is 2. The number of para-hydroxylation sites is 1. The largest absolute Gasteiger partial charge is 0.548 e. The van der Waals surface area contributed by atoms with E-state index in [1.54, 1.807) is 24.3 Å². The number of benzene rings is 2. The van der Waals surface area contributed by atoms with Crippen LogP contribution in [0.4, 0.5) is 11.5 Å². The fourth-order valence-corrected chi connectivity index (χ4v) is 4.49. The van der Waals surface area contributed by atoms with E-state index in [-0.39, 0.29) is 28.8 Å². The Hall–Kier alpha value is -5.05. The number of aliphatic carboxylic acids is 1. The van der Waals surface area contributed by atoms with E-state index in [9.17, 15) is 19.8 Å². The lowest BCUT2D eigenvalue weighted by molar-refractivity contribution is -0.306. The van der Waals surface area contributed by atoms with Gasteiger partial charge in [0.2, 0.25) is 17.5 Å². The molecule has 3 N–H and O–H groups in total. The van der Waals surface area contributed by atoms with Gasteiger partial charge in [-0.15, -0.1) is 27.1 Å². The summed E-state index contributed by atoms with van der Waals surface area (Å²) in [6.07, 6.45) is 0.